The van der Waals surface area contributed by atoms with Gasteiger partial charge in [0.15, 0.2) is 0 Å². The number of nitrogens with one attached hydrogen (secondary N) is 1. The molecule has 1 saturated heterocycles. The second-order valence-electron chi connectivity index (χ2n) is 4.90. The van der Waals surface area contributed by atoms with Crippen LogP contribution in [0.1, 0.15) is 23.6 Å². The molecule has 1 heterocycles. The second-order valence-corrected chi connectivity index (χ2v) is 4.90. The lowest BCUT2D eigenvalue weighted by Crippen LogP contribution is -2.45. The van der Waals surface area contributed by atoms with E-state index in [9.17, 15) is 18.3 Å². The highest BCUT2D eigenvalue weighted by atomic mass is 19.4. The van der Waals surface area contributed by atoms with Crippen molar-refractivity contribution in [3.05, 3.63) is 35.4 Å². The Kier molecular flexibility index (Phi) is 5.01. The van der Waals surface area contributed by atoms with E-state index in [1.54, 1.807) is 6.07 Å². The highest BCUT2D eigenvalue weighted by Gasteiger charge is 2.36. The van der Waals surface area contributed by atoms with E-state index in [0.717, 1.165) is 19.2 Å². The SMILES string of the molecule is OCC[C@H](c1ccccc1C(F)(F)F)N1CCNCC1. The van der Waals surface area contributed by atoms with Gasteiger partial charge in [0.2, 0.25) is 0 Å². The van der Waals surface area contributed by atoms with Crippen LogP contribution in [-0.4, -0.2) is 42.8 Å². The lowest BCUT2D eigenvalue weighted by molar-refractivity contribution is -0.138. The summed E-state index contributed by atoms with van der Waals surface area (Å²) in [7, 11) is 0. The molecular formula is C14H19F3N2O. The van der Waals surface area contributed by atoms with Gasteiger partial charge in [0.1, 0.15) is 0 Å². The third-order valence-corrected chi connectivity index (χ3v) is 3.62. The quantitative estimate of drug-likeness (QED) is 0.890. The summed E-state index contributed by atoms with van der Waals surface area (Å²) in [6.07, 6.45) is -4.05. The van der Waals surface area contributed by atoms with Gasteiger partial charge in [-0.25, -0.2) is 0 Å². The van der Waals surface area contributed by atoms with Gasteiger partial charge in [-0.2, -0.15) is 13.2 Å². The number of aliphatic hydroxyl groups excluding tert-OH is 1. The van der Waals surface area contributed by atoms with E-state index in [1.807, 2.05) is 4.90 Å². The van der Waals surface area contributed by atoms with E-state index >= 15 is 0 Å². The predicted molar refractivity (Wildman–Crippen MR) is 70.3 cm³/mol. The van der Waals surface area contributed by atoms with Gasteiger partial charge in [0, 0.05) is 38.8 Å². The van der Waals surface area contributed by atoms with Crippen LogP contribution in [0.2, 0.25) is 0 Å². The molecule has 1 aliphatic rings. The van der Waals surface area contributed by atoms with Crippen LogP contribution in [0.5, 0.6) is 0 Å². The lowest BCUT2D eigenvalue weighted by atomic mass is 9.96. The summed E-state index contributed by atoms with van der Waals surface area (Å²) in [6, 6.07) is 5.27. The Morgan fingerprint density at radius 3 is 2.45 bits per heavy atom. The number of nitrogens with zero attached hydrogens (tertiary/aromatic N) is 1. The Labute approximate surface area is 116 Å². The molecule has 0 amide bonds. The van der Waals surface area contributed by atoms with E-state index in [2.05, 4.69) is 5.32 Å². The van der Waals surface area contributed by atoms with Gasteiger partial charge >= 0.3 is 6.18 Å². The topological polar surface area (TPSA) is 35.5 Å². The Hall–Kier alpha value is -1.11. The minimum absolute atomic E-state index is 0.124. The molecule has 2 N–H and O–H groups in total. The van der Waals surface area contributed by atoms with Crippen LogP contribution in [-0.2, 0) is 6.18 Å². The maximum absolute atomic E-state index is 13.1. The van der Waals surface area contributed by atoms with E-state index in [4.69, 9.17) is 0 Å². The fourth-order valence-electron chi connectivity index (χ4n) is 2.70. The van der Waals surface area contributed by atoms with Crippen LogP contribution in [0.15, 0.2) is 24.3 Å². The molecule has 112 valence electrons. The molecule has 1 aliphatic heterocycles. The zero-order valence-electron chi connectivity index (χ0n) is 11.2. The predicted octanol–water partition coefficient (Wildman–Crippen LogP) is 2.03. The molecule has 0 bridgehead atoms. The monoisotopic (exact) mass is 288 g/mol. The summed E-state index contributed by atoms with van der Waals surface area (Å²) in [4.78, 5) is 2.01. The number of piperazine rings is 1. The Bertz CT molecular complexity index is 431. The summed E-state index contributed by atoms with van der Waals surface area (Å²) in [5, 5.41) is 12.4. The average molecular weight is 288 g/mol. The maximum Gasteiger partial charge on any atom is 0.416 e. The highest BCUT2D eigenvalue weighted by Crippen LogP contribution is 2.37. The number of hydrogen-bond acceptors (Lipinski definition) is 3. The number of hydrogen-bond donors (Lipinski definition) is 2. The minimum atomic E-state index is -4.36. The standard InChI is InChI=1S/C14H19F3N2O/c15-14(16,17)12-4-2-1-3-11(12)13(5-10-20)19-8-6-18-7-9-19/h1-4,13,18,20H,5-10H2/t13-/m1/s1. The van der Waals surface area contributed by atoms with Crippen LogP contribution in [0, 0.1) is 0 Å². The van der Waals surface area contributed by atoms with Crippen molar-refractivity contribution in [2.75, 3.05) is 32.8 Å². The molecule has 6 heteroatoms. The first-order valence-electron chi connectivity index (χ1n) is 6.76. The third-order valence-electron chi connectivity index (χ3n) is 3.62. The molecule has 0 spiro atoms. The molecule has 1 aromatic carbocycles. The smallest absolute Gasteiger partial charge is 0.396 e. The van der Waals surface area contributed by atoms with Crippen molar-refractivity contribution < 1.29 is 18.3 Å². The zero-order chi connectivity index (χ0) is 14.6. The van der Waals surface area contributed by atoms with Gasteiger partial charge in [-0.3, -0.25) is 4.90 Å². The van der Waals surface area contributed by atoms with Gasteiger partial charge < -0.3 is 10.4 Å². The van der Waals surface area contributed by atoms with Crippen LogP contribution < -0.4 is 5.32 Å². The summed E-state index contributed by atoms with van der Waals surface area (Å²) in [5.74, 6) is 0. The Balaban J connectivity index is 2.33. The largest absolute Gasteiger partial charge is 0.416 e. The third kappa shape index (κ3) is 3.50. The van der Waals surface area contributed by atoms with Crippen molar-refractivity contribution in [1.29, 1.82) is 0 Å². The molecule has 2 rings (SSSR count). The van der Waals surface area contributed by atoms with Gasteiger partial charge in [-0.05, 0) is 18.1 Å². The average Bonchev–Trinajstić information content (AvgIpc) is 2.45. The van der Waals surface area contributed by atoms with Crippen LogP contribution in [0.3, 0.4) is 0 Å². The summed E-state index contributed by atoms with van der Waals surface area (Å²) >= 11 is 0. The fourth-order valence-corrected chi connectivity index (χ4v) is 2.70. The number of rotatable bonds is 4. The molecule has 0 aromatic heterocycles. The normalized spacial score (nSPS) is 19.0. The van der Waals surface area contributed by atoms with Crippen molar-refractivity contribution >= 4 is 0 Å². The molecule has 1 atom stereocenters. The van der Waals surface area contributed by atoms with Crippen LogP contribution >= 0.6 is 0 Å². The van der Waals surface area contributed by atoms with Gasteiger partial charge in [-0.1, -0.05) is 18.2 Å². The van der Waals surface area contributed by atoms with Crippen LogP contribution in [0.4, 0.5) is 13.2 Å². The number of alkyl halides is 3. The molecular weight excluding hydrogens is 269 g/mol. The van der Waals surface area contributed by atoms with Crippen molar-refractivity contribution in [1.82, 2.24) is 10.2 Å². The van der Waals surface area contributed by atoms with E-state index in [0.29, 0.717) is 19.5 Å². The molecule has 1 fully saturated rings. The molecule has 0 unspecified atom stereocenters. The van der Waals surface area contributed by atoms with Gasteiger partial charge in [0.25, 0.3) is 0 Å². The molecule has 1 aromatic rings. The number of aliphatic hydroxyl groups is 1. The fraction of sp³-hybridized carbons (Fsp3) is 0.571. The maximum atomic E-state index is 13.1. The zero-order valence-corrected chi connectivity index (χ0v) is 11.2. The Morgan fingerprint density at radius 2 is 1.85 bits per heavy atom. The Morgan fingerprint density at radius 1 is 1.20 bits per heavy atom. The molecule has 0 saturated carbocycles. The van der Waals surface area contributed by atoms with Crippen molar-refractivity contribution in [2.45, 2.75) is 18.6 Å². The summed E-state index contributed by atoms with van der Waals surface area (Å²) in [6.45, 7) is 2.78. The van der Waals surface area contributed by atoms with Crippen LogP contribution in [0.25, 0.3) is 0 Å². The van der Waals surface area contributed by atoms with E-state index in [1.165, 1.54) is 12.1 Å². The minimum Gasteiger partial charge on any atom is -0.396 e. The first-order chi connectivity index (χ1) is 9.54. The van der Waals surface area contributed by atoms with Gasteiger partial charge in [0.05, 0.1) is 5.56 Å². The highest BCUT2D eigenvalue weighted by molar-refractivity contribution is 5.32. The van der Waals surface area contributed by atoms with Gasteiger partial charge in [-0.15, -0.1) is 0 Å². The van der Waals surface area contributed by atoms with E-state index in [-0.39, 0.29) is 18.2 Å². The molecule has 20 heavy (non-hydrogen) atoms. The molecule has 3 nitrogen and oxygen atoms in total. The van der Waals surface area contributed by atoms with Crippen molar-refractivity contribution in [2.24, 2.45) is 0 Å². The van der Waals surface area contributed by atoms with Crippen molar-refractivity contribution in [3.8, 4) is 0 Å². The number of benzene rings is 1. The first-order valence-corrected chi connectivity index (χ1v) is 6.76. The second kappa shape index (κ2) is 6.56. The van der Waals surface area contributed by atoms with E-state index < -0.39 is 11.7 Å². The van der Waals surface area contributed by atoms with Crippen molar-refractivity contribution in [3.63, 3.8) is 0 Å². The number of halogens is 3. The molecule has 0 radical (unpaired) electrons. The summed E-state index contributed by atoms with van der Waals surface area (Å²) in [5.41, 5.74) is -0.340. The summed E-state index contributed by atoms with van der Waals surface area (Å²) < 4.78 is 39.4. The lowest BCUT2D eigenvalue weighted by Gasteiger charge is -2.36. The first kappa shape index (κ1) is 15.3. The molecule has 0 aliphatic carbocycles.